The fraction of sp³-hybridized carbons (Fsp3) is 0.355. The molecule has 2 fully saturated rings. The van der Waals surface area contributed by atoms with E-state index in [1.807, 2.05) is 41.1 Å². The molecule has 210 valence electrons. The number of hydrogen-bond donors (Lipinski definition) is 1. The monoisotopic (exact) mass is 552 g/mol. The quantitative estimate of drug-likeness (QED) is 0.284. The molecule has 0 bridgehead atoms. The molecule has 4 aromatic heterocycles. The third-order valence-corrected chi connectivity index (χ3v) is 8.23. The number of aromatic nitrogens is 5. The van der Waals surface area contributed by atoms with Crippen LogP contribution in [0.4, 0.5) is 0 Å². The molecule has 0 spiro atoms. The third kappa shape index (κ3) is 5.40. The number of nitrogens with zero attached hydrogens (tertiary/aromatic N) is 6. The molecule has 2 aliphatic rings. The molecule has 0 unspecified atom stereocenters. The summed E-state index contributed by atoms with van der Waals surface area (Å²) in [7, 11) is 0. The van der Waals surface area contributed by atoms with Crippen molar-refractivity contribution in [1.29, 1.82) is 0 Å². The first-order valence-electron chi connectivity index (χ1n) is 14.2. The SMILES string of the molecule is O=C(O)c1ccc2nc(CN3CCC(c4cccc(OCc5ccc6cncn6c5)n4)CC3)n(C[C@@H]3CCO3)c2c1. The summed E-state index contributed by atoms with van der Waals surface area (Å²) in [6, 6.07) is 15.3. The second-order valence-electron chi connectivity index (χ2n) is 10.9. The zero-order valence-corrected chi connectivity index (χ0v) is 22.7. The fourth-order valence-corrected chi connectivity index (χ4v) is 5.80. The highest BCUT2D eigenvalue weighted by atomic mass is 16.5. The lowest BCUT2D eigenvalue weighted by Crippen LogP contribution is -2.35. The van der Waals surface area contributed by atoms with Crippen molar-refractivity contribution in [1.82, 2.24) is 28.8 Å². The van der Waals surface area contributed by atoms with Gasteiger partial charge in [0.25, 0.3) is 0 Å². The first-order chi connectivity index (χ1) is 20.1. The minimum Gasteiger partial charge on any atom is -0.478 e. The van der Waals surface area contributed by atoms with Crippen LogP contribution in [0.25, 0.3) is 16.6 Å². The van der Waals surface area contributed by atoms with E-state index in [9.17, 15) is 9.90 Å². The molecule has 41 heavy (non-hydrogen) atoms. The lowest BCUT2D eigenvalue weighted by molar-refractivity contribution is -0.0592. The number of imidazole rings is 2. The highest BCUT2D eigenvalue weighted by Gasteiger charge is 2.26. The van der Waals surface area contributed by atoms with Crippen molar-refractivity contribution in [3.05, 3.63) is 89.9 Å². The van der Waals surface area contributed by atoms with Crippen molar-refractivity contribution in [2.45, 2.75) is 51.0 Å². The van der Waals surface area contributed by atoms with E-state index in [4.69, 9.17) is 19.4 Å². The van der Waals surface area contributed by atoms with Crippen LogP contribution in [0.1, 0.15) is 52.6 Å². The Morgan fingerprint density at radius 1 is 1.07 bits per heavy atom. The number of rotatable bonds is 9. The van der Waals surface area contributed by atoms with Crippen molar-refractivity contribution in [2.75, 3.05) is 19.7 Å². The summed E-state index contributed by atoms with van der Waals surface area (Å²) in [6.07, 6.45) is 8.82. The molecular formula is C31H32N6O4. The van der Waals surface area contributed by atoms with E-state index in [0.717, 1.165) is 72.6 Å². The molecule has 6 heterocycles. The lowest BCUT2D eigenvalue weighted by atomic mass is 9.93. The van der Waals surface area contributed by atoms with Gasteiger partial charge in [0.2, 0.25) is 5.88 Å². The number of likely N-dealkylation sites (tertiary alicyclic amines) is 1. The van der Waals surface area contributed by atoms with Gasteiger partial charge < -0.3 is 23.5 Å². The van der Waals surface area contributed by atoms with Gasteiger partial charge in [-0.05, 0) is 62.7 Å². The maximum atomic E-state index is 11.6. The average Bonchev–Trinajstić information content (AvgIpc) is 3.57. The van der Waals surface area contributed by atoms with Crippen molar-refractivity contribution in [2.24, 2.45) is 0 Å². The molecule has 10 nitrogen and oxygen atoms in total. The molecule has 5 aromatic rings. The molecule has 0 radical (unpaired) electrons. The van der Waals surface area contributed by atoms with Crippen LogP contribution < -0.4 is 4.74 Å². The van der Waals surface area contributed by atoms with E-state index in [1.165, 1.54) is 0 Å². The van der Waals surface area contributed by atoms with E-state index in [1.54, 1.807) is 18.5 Å². The van der Waals surface area contributed by atoms with Gasteiger partial charge in [0, 0.05) is 36.0 Å². The van der Waals surface area contributed by atoms with Crippen molar-refractivity contribution in [3.63, 3.8) is 0 Å². The van der Waals surface area contributed by atoms with Gasteiger partial charge in [-0.15, -0.1) is 0 Å². The Balaban J connectivity index is 1.00. The van der Waals surface area contributed by atoms with Gasteiger partial charge in [0.15, 0.2) is 0 Å². The minimum absolute atomic E-state index is 0.153. The molecule has 1 aromatic carbocycles. The smallest absolute Gasteiger partial charge is 0.335 e. The van der Waals surface area contributed by atoms with Gasteiger partial charge in [-0.3, -0.25) is 4.90 Å². The Morgan fingerprint density at radius 2 is 1.95 bits per heavy atom. The zero-order chi connectivity index (χ0) is 27.8. The Hall–Kier alpha value is -4.28. The summed E-state index contributed by atoms with van der Waals surface area (Å²) in [5.41, 5.74) is 5.14. The Kier molecular flexibility index (Phi) is 6.85. The Labute approximate surface area is 237 Å². The van der Waals surface area contributed by atoms with Crippen LogP contribution in [-0.2, 0) is 24.4 Å². The number of fused-ring (bicyclic) bond motifs is 2. The van der Waals surface area contributed by atoms with Gasteiger partial charge in [0.05, 0.1) is 53.8 Å². The predicted octanol–water partition coefficient (Wildman–Crippen LogP) is 4.52. The molecule has 0 saturated carbocycles. The molecule has 2 aliphatic heterocycles. The van der Waals surface area contributed by atoms with E-state index in [0.29, 0.717) is 31.5 Å². The molecule has 0 amide bonds. The van der Waals surface area contributed by atoms with Crippen LogP contribution in [-0.4, -0.2) is 65.7 Å². The summed E-state index contributed by atoms with van der Waals surface area (Å²) in [4.78, 5) is 27.9. The third-order valence-electron chi connectivity index (χ3n) is 8.23. The predicted molar refractivity (Wildman–Crippen MR) is 152 cm³/mol. The number of carboxylic acids is 1. The topological polar surface area (TPSA) is 107 Å². The van der Waals surface area contributed by atoms with Crippen LogP contribution in [0.3, 0.4) is 0 Å². The summed E-state index contributed by atoms with van der Waals surface area (Å²) in [5, 5.41) is 9.51. The standard InChI is InChI=1S/C31H32N6O4/c38-31(39)23-5-7-27-28(14-23)37(17-25-10-13-40-25)29(33-27)18-35-11-8-22(9-12-35)26-2-1-3-30(34-26)41-19-21-4-6-24-15-32-20-36(24)16-21/h1-7,14-16,20,22,25H,8-13,17-19H2,(H,38,39)/t25-/m0/s1. The first kappa shape index (κ1) is 25.7. The van der Waals surface area contributed by atoms with Crippen molar-refractivity contribution >= 4 is 22.5 Å². The number of aromatic carboxylic acids is 1. The zero-order valence-electron chi connectivity index (χ0n) is 22.7. The van der Waals surface area contributed by atoms with Crippen LogP contribution in [0.15, 0.2) is 67.3 Å². The molecule has 2 saturated heterocycles. The number of carboxylic acid groups (broad SMARTS) is 1. The normalized spacial score (nSPS) is 18.1. The van der Waals surface area contributed by atoms with E-state index in [-0.39, 0.29) is 11.7 Å². The molecule has 7 rings (SSSR count). The van der Waals surface area contributed by atoms with Gasteiger partial charge in [-0.25, -0.2) is 19.7 Å². The van der Waals surface area contributed by atoms with Crippen LogP contribution >= 0.6 is 0 Å². The number of carbonyl (C=O) groups is 1. The average molecular weight is 553 g/mol. The van der Waals surface area contributed by atoms with Crippen LogP contribution in [0, 0.1) is 0 Å². The van der Waals surface area contributed by atoms with E-state index in [2.05, 4.69) is 26.6 Å². The number of hydrogen-bond acceptors (Lipinski definition) is 7. The summed E-state index contributed by atoms with van der Waals surface area (Å²) < 4.78 is 15.9. The van der Waals surface area contributed by atoms with Gasteiger partial charge >= 0.3 is 5.97 Å². The highest BCUT2D eigenvalue weighted by Crippen LogP contribution is 2.30. The van der Waals surface area contributed by atoms with Gasteiger partial charge in [0.1, 0.15) is 12.4 Å². The number of ether oxygens (including phenoxy) is 2. The van der Waals surface area contributed by atoms with Gasteiger partial charge in [-0.1, -0.05) is 12.1 Å². The van der Waals surface area contributed by atoms with Gasteiger partial charge in [-0.2, -0.15) is 0 Å². The maximum Gasteiger partial charge on any atom is 0.335 e. The minimum atomic E-state index is -0.928. The van der Waals surface area contributed by atoms with Crippen molar-refractivity contribution in [3.8, 4) is 5.88 Å². The van der Waals surface area contributed by atoms with E-state index < -0.39 is 5.97 Å². The largest absolute Gasteiger partial charge is 0.478 e. The summed E-state index contributed by atoms with van der Waals surface area (Å²) in [5.74, 6) is 1.04. The highest BCUT2D eigenvalue weighted by molar-refractivity contribution is 5.92. The Morgan fingerprint density at radius 3 is 2.76 bits per heavy atom. The number of pyridine rings is 2. The molecule has 10 heteroatoms. The first-order valence-corrected chi connectivity index (χ1v) is 14.2. The van der Waals surface area contributed by atoms with Crippen molar-refractivity contribution < 1.29 is 19.4 Å². The number of piperidine rings is 1. The molecular weight excluding hydrogens is 520 g/mol. The summed E-state index contributed by atoms with van der Waals surface area (Å²) in [6.45, 7) is 4.51. The van der Waals surface area contributed by atoms with Crippen LogP contribution in [0.2, 0.25) is 0 Å². The second-order valence-corrected chi connectivity index (χ2v) is 10.9. The van der Waals surface area contributed by atoms with E-state index >= 15 is 0 Å². The fourth-order valence-electron chi connectivity index (χ4n) is 5.80. The lowest BCUT2D eigenvalue weighted by Gasteiger charge is -2.32. The number of benzene rings is 1. The molecule has 1 N–H and O–H groups in total. The molecule has 1 atom stereocenters. The Bertz CT molecular complexity index is 1700. The second kappa shape index (κ2) is 10.9. The summed E-state index contributed by atoms with van der Waals surface area (Å²) >= 11 is 0. The molecule has 0 aliphatic carbocycles. The van der Waals surface area contributed by atoms with Crippen LogP contribution in [0.5, 0.6) is 5.88 Å². The maximum absolute atomic E-state index is 11.6.